The Balaban J connectivity index is 1.17. The molecule has 0 bridgehead atoms. The lowest BCUT2D eigenvalue weighted by Gasteiger charge is -2.38. The summed E-state index contributed by atoms with van der Waals surface area (Å²) in [5.74, 6) is -0.287. The second-order valence-corrected chi connectivity index (χ2v) is 9.89. The number of piperidine rings is 1. The minimum Gasteiger partial charge on any atom is -0.367 e. The van der Waals surface area contributed by atoms with Crippen molar-refractivity contribution < 1.29 is 26.7 Å². The first-order chi connectivity index (χ1) is 17.7. The van der Waals surface area contributed by atoms with E-state index in [4.69, 9.17) is 0 Å². The summed E-state index contributed by atoms with van der Waals surface area (Å²) in [5.41, 5.74) is 1.71. The van der Waals surface area contributed by atoms with Crippen LogP contribution in [0.3, 0.4) is 0 Å². The van der Waals surface area contributed by atoms with Crippen molar-refractivity contribution in [3.63, 3.8) is 0 Å². The van der Waals surface area contributed by atoms with Gasteiger partial charge in [0.15, 0.2) is 0 Å². The summed E-state index contributed by atoms with van der Waals surface area (Å²) in [7, 11) is 0. The van der Waals surface area contributed by atoms with Crippen molar-refractivity contribution in [2.45, 2.75) is 57.3 Å². The van der Waals surface area contributed by atoms with Crippen molar-refractivity contribution in [1.82, 2.24) is 19.6 Å². The summed E-state index contributed by atoms with van der Waals surface area (Å²) < 4.78 is 65.9. The fraction of sp³-hybridized carbons (Fsp3) is 0.481. The fourth-order valence-corrected chi connectivity index (χ4v) is 5.71. The number of benzene rings is 1. The summed E-state index contributed by atoms with van der Waals surface area (Å²) in [4.78, 5) is 16.6. The predicted molar refractivity (Wildman–Crippen MR) is 128 cm³/mol. The number of aryl methyl sites for hydroxylation is 1. The SMILES string of the molecule is O=C(Cn1nc(C(F)F)cc1C(F)(F)F)N1CCC(C2=CCN(C3CCCc4ccccc43)C=C2)CC1. The van der Waals surface area contributed by atoms with Gasteiger partial charge in [0.2, 0.25) is 5.91 Å². The first-order valence-electron chi connectivity index (χ1n) is 12.6. The van der Waals surface area contributed by atoms with E-state index < -0.39 is 36.4 Å². The summed E-state index contributed by atoms with van der Waals surface area (Å²) in [6.07, 6.45) is 3.33. The van der Waals surface area contributed by atoms with Crippen molar-refractivity contribution in [1.29, 1.82) is 0 Å². The highest BCUT2D eigenvalue weighted by Gasteiger charge is 2.38. The van der Waals surface area contributed by atoms with E-state index in [0.717, 1.165) is 19.4 Å². The van der Waals surface area contributed by atoms with Gasteiger partial charge in [0, 0.05) is 25.8 Å². The molecule has 0 saturated carbocycles. The Labute approximate surface area is 212 Å². The molecule has 198 valence electrons. The highest BCUT2D eigenvalue weighted by atomic mass is 19.4. The molecule has 0 spiro atoms. The quantitative estimate of drug-likeness (QED) is 0.461. The van der Waals surface area contributed by atoms with Crippen LogP contribution in [0.2, 0.25) is 0 Å². The third-order valence-corrected chi connectivity index (χ3v) is 7.65. The minimum absolute atomic E-state index is 0.266. The fourth-order valence-electron chi connectivity index (χ4n) is 5.71. The zero-order valence-corrected chi connectivity index (χ0v) is 20.3. The van der Waals surface area contributed by atoms with Crippen LogP contribution in [-0.2, 0) is 23.9 Å². The van der Waals surface area contributed by atoms with Crippen molar-refractivity contribution in [3.8, 4) is 0 Å². The number of aromatic nitrogens is 2. The van der Waals surface area contributed by atoms with E-state index in [1.54, 1.807) is 0 Å². The number of allylic oxidation sites excluding steroid dienone is 2. The molecule has 3 heterocycles. The first-order valence-corrected chi connectivity index (χ1v) is 12.6. The van der Waals surface area contributed by atoms with Gasteiger partial charge in [0.1, 0.15) is 17.9 Å². The molecule has 3 aliphatic rings. The summed E-state index contributed by atoms with van der Waals surface area (Å²) in [6, 6.07) is 9.28. The first kappa shape index (κ1) is 25.5. The molecule has 0 radical (unpaired) electrons. The molecule has 1 atom stereocenters. The third-order valence-electron chi connectivity index (χ3n) is 7.65. The van der Waals surface area contributed by atoms with Gasteiger partial charge in [-0.1, -0.05) is 30.3 Å². The number of nitrogens with zero attached hydrogens (tertiary/aromatic N) is 4. The molecule has 37 heavy (non-hydrogen) atoms. The average Bonchev–Trinajstić information content (AvgIpc) is 3.33. The van der Waals surface area contributed by atoms with Crippen LogP contribution in [0.1, 0.15) is 60.7 Å². The number of halogens is 5. The van der Waals surface area contributed by atoms with Crippen LogP contribution in [0, 0.1) is 5.92 Å². The van der Waals surface area contributed by atoms with Crippen LogP contribution >= 0.6 is 0 Å². The van der Waals surface area contributed by atoms with Gasteiger partial charge in [-0.05, 0) is 66.9 Å². The topological polar surface area (TPSA) is 41.4 Å². The molecule has 1 fully saturated rings. The van der Waals surface area contributed by atoms with Crippen molar-refractivity contribution in [2.75, 3.05) is 19.6 Å². The number of alkyl halides is 5. The van der Waals surface area contributed by atoms with Crippen LogP contribution in [-0.4, -0.2) is 45.1 Å². The molecule has 1 amide bonds. The minimum atomic E-state index is -4.87. The molecule has 2 aliphatic heterocycles. The van der Waals surface area contributed by atoms with Gasteiger partial charge in [0.05, 0.1) is 6.04 Å². The highest BCUT2D eigenvalue weighted by Crippen LogP contribution is 2.37. The van der Waals surface area contributed by atoms with Gasteiger partial charge in [-0.15, -0.1) is 0 Å². The number of hydrogen-bond donors (Lipinski definition) is 0. The van der Waals surface area contributed by atoms with Gasteiger partial charge < -0.3 is 9.80 Å². The number of fused-ring (bicyclic) bond motifs is 1. The second kappa shape index (κ2) is 10.3. The van der Waals surface area contributed by atoms with Crippen LogP contribution in [0.15, 0.2) is 54.3 Å². The van der Waals surface area contributed by atoms with Gasteiger partial charge in [-0.25, -0.2) is 8.78 Å². The molecule has 1 aliphatic carbocycles. The standard InChI is InChI=1S/C27H29F5N4O/c28-26(29)22-16-24(27(30,31)32)36(33-22)17-25(37)35-14-10-19(11-15-35)18-8-12-34(13-9-18)23-7-3-5-20-4-1-2-6-21(20)23/h1-2,4,6,8-9,12,16,19,23,26H,3,5,7,10-11,13-15,17H2. The molecule has 2 aromatic rings. The number of likely N-dealkylation sites (tertiary alicyclic amines) is 1. The number of hydrogen-bond acceptors (Lipinski definition) is 3. The van der Waals surface area contributed by atoms with Gasteiger partial charge in [0.25, 0.3) is 6.43 Å². The normalized spacial score (nSPS) is 20.8. The molecule has 1 aromatic carbocycles. The largest absolute Gasteiger partial charge is 0.433 e. The van der Waals surface area contributed by atoms with Crippen LogP contribution in [0.5, 0.6) is 0 Å². The maximum absolute atomic E-state index is 13.2. The number of carbonyl (C=O) groups is 1. The molecule has 0 N–H and O–H groups in total. The van der Waals surface area contributed by atoms with Crippen molar-refractivity contribution >= 4 is 5.91 Å². The van der Waals surface area contributed by atoms with Crippen LogP contribution in [0.25, 0.3) is 0 Å². The zero-order valence-electron chi connectivity index (χ0n) is 20.3. The monoisotopic (exact) mass is 520 g/mol. The maximum Gasteiger partial charge on any atom is 0.433 e. The Hall–Kier alpha value is -3.17. The van der Waals surface area contributed by atoms with Crippen molar-refractivity contribution in [3.05, 3.63) is 76.8 Å². The molecule has 5 nitrogen and oxygen atoms in total. The van der Waals surface area contributed by atoms with E-state index in [9.17, 15) is 26.7 Å². The lowest BCUT2D eigenvalue weighted by atomic mass is 9.85. The third kappa shape index (κ3) is 5.43. The number of rotatable bonds is 5. The molecule has 5 rings (SSSR count). The Morgan fingerprint density at radius 3 is 2.54 bits per heavy atom. The van der Waals surface area contributed by atoms with Gasteiger partial charge in [-0.2, -0.15) is 18.3 Å². The molecule has 1 aromatic heterocycles. The van der Waals surface area contributed by atoms with Crippen molar-refractivity contribution in [2.24, 2.45) is 5.92 Å². The smallest absolute Gasteiger partial charge is 0.367 e. The Bertz CT molecular complexity index is 1190. The predicted octanol–water partition coefficient (Wildman–Crippen LogP) is 5.91. The number of amides is 1. The van der Waals surface area contributed by atoms with E-state index in [1.807, 2.05) is 0 Å². The molecule has 1 unspecified atom stereocenters. The molecular formula is C27H29F5N4O. The highest BCUT2D eigenvalue weighted by molar-refractivity contribution is 5.76. The summed E-state index contributed by atoms with van der Waals surface area (Å²) in [5, 5.41) is 3.34. The Kier molecular flexibility index (Phi) is 7.09. The average molecular weight is 521 g/mol. The van der Waals surface area contributed by atoms with E-state index >= 15 is 0 Å². The second-order valence-electron chi connectivity index (χ2n) is 9.89. The maximum atomic E-state index is 13.2. The Morgan fingerprint density at radius 2 is 1.86 bits per heavy atom. The van der Waals surface area contributed by atoms with Gasteiger partial charge in [-0.3, -0.25) is 9.48 Å². The van der Waals surface area contributed by atoms with Crippen LogP contribution in [0.4, 0.5) is 22.0 Å². The van der Waals surface area contributed by atoms with E-state index in [-0.39, 0.29) is 5.92 Å². The summed E-state index contributed by atoms with van der Waals surface area (Å²) in [6.45, 7) is 0.903. The molecular weight excluding hydrogens is 491 g/mol. The van der Waals surface area contributed by atoms with E-state index in [2.05, 4.69) is 52.6 Å². The summed E-state index contributed by atoms with van der Waals surface area (Å²) >= 11 is 0. The zero-order chi connectivity index (χ0) is 26.2. The van der Waals surface area contributed by atoms with Gasteiger partial charge >= 0.3 is 6.18 Å². The van der Waals surface area contributed by atoms with E-state index in [1.165, 1.54) is 28.0 Å². The van der Waals surface area contributed by atoms with Crippen LogP contribution < -0.4 is 0 Å². The molecule has 1 saturated heterocycles. The Morgan fingerprint density at radius 1 is 1.11 bits per heavy atom. The molecule has 10 heteroatoms. The number of carbonyl (C=O) groups excluding carboxylic acids is 1. The lowest BCUT2D eigenvalue weighted by Crippen LogP contribution is -2.41. The van der Waals surface area contributed by atoms with E-state index in [0.29, 0.717) is 42.7 Å². The lowest BCUT2D eigenvalue weighted by molar-refractivity contribution is -0.146.